The number of amides is 1. The molecule has 0 saturated carbocycles. The summed E-state index contributed by atoms with van der Waals surface area (Å²) in [6, 6.07) is -0.741. The van der Waals surface area contributed by atoms with E-state index in [1.807, 2.05) is 6.26 Å². The predicted molar refractivity (Wildman–Crippen MR) is 56.2 cm³/mol. The van der Waals surface area contributed by atoms with Crippen LogP contribution in [0.2, 0.25) is 0 Å². The zero-order valence-electron chi connectivity index (χ0n) is 9.87. The Morgan fingerprint density at radius 3 is 2.46 bits per heavy atom. The van der Waals surface area contributed by atoms with E-state index >= 15 is 0 Å². The summed E-state index contributed by atoms with van der Waals surface area (Å²) in [5.41, 5.74) is 0. The molecule has 0 rings (SSSR count). The standard InChI is InChI=1S/C7H13NO3S.Mg.2H/c1-5(9)8-6(7(10)11)3-4-12-2;;;/h6H,3-4H2,1-2H3,(H,8,9)(H,10,11);;;/q;+2;2*-1. The van der Waals surface area contributed by atoms with Crippen LogP contribution in [0.3, 0.4) is 0 Å². The molecule has 0 fully saturated rings. The number of carboxylic acids is 1. The van der Waals surface area contributed by atoms with E-state index in [2.05, 4.69) is 5.32 Å². The van der Waals surface area contributed by atoms with E-state index in [0.717, 1.165) is 5.75 Å². The maximum Gasteiger partial charge on any atom is 2.00 e. The molecule has 0 radical (unpaired) electrons. The van der Waals surface area contributed by atoms with Crippen LogP contribution in [0, 0.1) is 0 Å². The van der Waals surface area contributed by atoms with Crippen molar-refractivity contribution < 1.29 is 17.5 Å². The number of hydrogen-bond donors (Lipinski definition) is 2. The van der Waals surface area contributed by atoms with Crippen LogP contribution in [0.4, 0.5) is 0 Å². The first kappa shape index (κ1) is 15.5. The van der Waals surface area contributed by atoms with Crippen molar-refractivity contribution in [2.24, 2.45) is 0 Å². The van der Waals surface area contributed by atoms with Gasteiger partial charge in [0.25, 0.3) is 0 Å². The first-order chi connectivity index (χ1) is 5.57. The van der Waals surface area contributed by atoms with Crippen molar-refractivity contribution in [1.29, 1.82) is 0 Å². The van der Waals surface area contributed by atoms with Crippen molar-refractivity contribution in [2.45, 2.75) is 19.4 Å². The molecule has 0 aliphatic heterocycles. The van der Waals surface area contributed by atoms with Gasteiger partial charge in [-0.15, -0.1) is 0 Å². The average molecular weight is 218 g/mol. The van der Waals surface area contributed by atoms with Crippen molar-refractivity contribution in [3.63, 3.8) is 0 Å². The first-order valence-electron chi connectivity index (χ1n) is 3.56. The smallest absolute Gasteiger partial charge is 1.00 e. The third-order valence-electron chi connectivity index (χ3n) is 1.29. The number of nitrogens with one attached hydrogen (secondary N) is 1. The van der Waals surface area contributed by atoms with E-state index in [1.165, 1.54) is 6.92 Å². The Bertz CT molecular complexity index is 186. The fourth-order valence-corrected chi connectivity index (χ4v) is 1.21. The Hall–Kier alpha value is 0.0562. The summed E-state index contributed by atoms with van der Waals surface area (Å²) in [5.74, 6) is -0.542. The molecule has 1 amide bonds. The molecule has 6 heteroatoms. The molecule has 2 N–H and O–H groups in total. The molecule has 13 heavy (non-hydrogen) atoms. The molecule has 0 heterocycles. The van der Waals surface area contributed by atoms with Gasteiger partial charge in [0.2, 0.25) is 5.91 Å². The van der Waals surface area contributed by atoms with Gasteiger partial charge in [0.15, 0.2) is 0 Å². The second-order valence-corrected chi connectivity index (χ2v) is 3.36. The third kappa shape index (κ3) is 8.39. The SMILES string of the molecule is CSCCC(NC(C)=O)C(=O)O.[H-].[H-].[Mg+2]. The van der Waals surface area contributed by atoms with Crippen molar-refractivity contribution in [2.75, 3.05) is 12.0 Å². The van der Waals surface area contributed by atoms with Gasteiger partial charge in [0.05, 0.1) is 0 Å². The zero-order valence-corrected chi connectivity index (χ0v) is 10.1. The number of carbonyl (C=O) groups excluding carboxylic acids is 1. The van der Waals surface area contributed by atoms with Crippen molar-refractivity contribution in [1.82, 2.24) is 5.32 Å². The normalized spacial score (nSPS) is 11.2. The van der Waals surface area contributed by atoms with E-state index in [4.69, 9.17) is 5.11 Å². The number of carbonyl (C=O) groups is 2. The number of thioether (sulfide) groups is 1. The number of hydrogen-bond acceptors (Lipinski definition) is 3. The van der Waals surface area contributed by atoms with Crippen LogP contribution in [-0.2, 0) is 9.59 Å². The summed E-state index contributed by atoms with van der Waals surface area (Å²) in [6.45, 7) is 1.31. The molecule has 0 spiro atoms. The van der Waals surface area contributed by atoms with Gasteiger partial charge < -0.3 is 13.3 Å². The molecular formula is C7H15MgNO3S. The molecule has 0 bridgehead atoms. The van der Waals surface area contributed by atoms with E-state index in [-0.39, 0.29) is 31.8 Å². The maximum absolute atomic E-state index is 10.5. The summed E-state index contributed by atoms with van der Waals surface area (Å²) in [6.07, 6.45) is 2.36. The van der Waals surface area contributed by atoms with Crippen molar-refractivity contribution >= 4 is 46.7 Å². The second-order valence-electron chi connectivity index (χ2n) is 2.37. The molecule has 0 aliphatic rings. The maximum atomic E-state index is 10.5. The average Bonchev–Trinajstić information content (AvgIpc) is 1.96. The van der Waals surface area contributed by atoms with Crippen LogP contribution in [-0.4, -0.2) is 58.1 Å². The summed E-state index contributed by atoms with van der Waals surface area (Å²) in [4.78, 5) is 21.1. The first-order valence-corrected chi connectivity index (χ1v) is 4.96. The van der Waals surface area contributed by atoms with E-state index < -0.39 is 12.0 Å². The largest absolute Gasteiger partial charge is 2.00 e. The Morgan fingerprint density at radius 2 is 2.15 bits per heavy atom. The fraction of sp³-hybridized carbons (Fsp3) is 0.714. The zero-order chi connectivity index (χ0) is 9.56. The molecule has 0 aromatic heterocycles. The molecule has 4 nitrogen and oxygen atoms in total. The quantitative estimate of drug-likeness (QED) is 0.645. The minimum atomic E-state index is -0.973. The van der Waals surface area contributed by atoms with Gasteiger partial charge in [-0.3, -0.25) is 4.79 Å². The molecule has 1 unspecified atom stereocenters. The van der Waals surface area contributed by atoms with Gasteiger partial charge in [0, 0.05) is 6.92 Å². The van der Waals surface area contributed by atoms with Gasteiger partial charge in [-0.2, -0.15) is 11.8 Å². The molecule has 0 saturated heterocycles. The molecule has 74 valence electrons. The summed E-state index contributed by atoms with van der Waals surface area (Å²) in [5, 5.41) is 11.0. The van der Waals surface area contributed by atoms with Crippen LogP contribution < -0.4 is 5.32 Å². The number of rotatable bonds is 5. The van der Waals surface area contributed by atoms with Crippen molar-refractivity contribution in [3.05, 3.63) is 0 Å². The van der Waals surface area contributed by atoms with Crippen LogP contribution in [0.15, 0.2) is 0 Å². The topological polar surface area (TPSA) is 66.4 Å². The Labute approximate surface area is 101 Å². The van der Waals surface area contributed by atoms with Crippen LogP contribution in [0.1, 0.15) is 16.2 Å². The van der Waals surface area contributed by atoms with Crippen LogP contribution in [0.25, 0.3) is 0 Å². The Kier molecular flexibility index (Phi) is 10.3. The molecule has 0 aliphatic carbocycles. The van der Waals surface area contributed by atoms with E-state index in [1.54, 1.807) is 11.8 Å². The second kappa shape index (κ2) is 8.65. The minimum absolute atomic E-state index is 0. The summed E-state index contributed by atoms with van der Waals surface area (Å²) < 4.78 is 0. The van der Waals surface area contributed by atoms with Gasteiger partial charge in [-0.1, -0.05) is 0 Å². The monoisotopic (exact) mass is 217 g/mol. The fourth-order valence-electron chi connectivity index (χ4n) is 0.738. The summed E-state index contributed by atoms with van der Waals surface area (Å²) >= 11 is 1.56. The molecule has 1 atom stereocenters. The van der Waals surface area contributed by atoms with Gasteiger partial charge in [-0.05, 0) is 18.4 Å². The van der Waals surface area contributed by atoms with Gasteiger partial charge in [-0.25, -0.2) is 4.79 Å². The van der Waals surface area contributed by atoms with Gasteiger partial charge >= 0.3 is 29.0 Å². The minimum Gasteiger partial charge on any atom is -1.00 e. The predicted octanol–water partition coefficient (Wildman–Crippen LogP) is 0.173. The summed E-state index contributed by atoms with van der Waals surface area (Å²) in [7, 11) is 0. The number of carboxylic acid groups (broad SMARTS) is 1. The van der Waals surface area contributed by atoms with Crippen LogP contribution in [0.5, 0.6) is 0 Å². The van der Waals surface area contributed by atoms with E-state index in [9.17, 15) is 9.59 Å². The number of aliphatic carboxylic acids is 1. The van der Waals surface area contributed by atoms with Crippen molar-refractivity contribution in [3.8, 4) is 0 Å². The van der Waals surface area contributed by atoms with Crippen LogP contribution >= 0.6 is 11.8 Å². The van der Waals surface area contributed by atoms with Gasteiger partial charge in [0.1, 0.15) is 6.04 Å². The molecule has 0 aromatic carbocycles. The van der Waals surface area contributed by atoms with E-state index in [0.29, 0.717) is 6.42 Å². The third-order valence-corrected chi connectivity index (χ3v) is 1.93. The Balaban J connectivity index is -0.000000202. The Morgan fingerprint density at radius 1 is 1.62 bits per heavy atom. The molecular weight excluding hydrogens is 202 g/mol. The molecule has 0 aromatic rings.